The number of rotatable bonds is 4. The van der Waals surface area contributed by atoms with Crippen LogP contribution in [0.2, 0.25) is 5.02 Å². The van der Waals surface area contributed by atoms with Crippen LogP contribution in [-0.4, -0.2) is 56.7 Å². The van der Waals surface area contributed by atoms with Crippen LogP contribution < -0.4 is 14.5 Å². The van der Waals surface area contributed by atoms with E-state index in [1.54, 1.807) is 25.3 Å². The minimum absolute atomic E-state index is 0.0289. The lowest BCUT2D eigenvalue weighted by atomic mass is 10.0. The molecule has 2 aromatic carbocycles. The zero-order valence-corrected chi connectivity index (χ0v) is 19.8. The second kappa shape index (κ2) is 9.01. The van der Waals surface area contributed by atoms with E-state index in [0.29, 0.717) is 34.8 Å². The van der Waals surface area contributed by atoms with Gasteiger partial charge in [-0.25, -0.2) is 0 Å². The van der Waals surface area contributed by atoms with Crippen molar-refractivity contribution in [1.82, 2.24) is 4.90 Å². The first-order chi connectivity index (χ1) is 15.3. The maximum absolute atomic E-state index is 13.3. The molecule has 0 saturated carbocycles. The highest BCUT2D eigenvalue weighted by Gasteiger charge is 2.32. The lowest BCUT2D eigenvalue weighted by Crippen LogP contribution is -2.55. The predicted octanol–water partition coefficient (Wildman–Crippen LogP) is 3.88. The van der Waals surface area contributed by atoms with Crippen LogP contribution in [0.5, 0.6) is 5.75 Å². The molecule has 0 spiro atoms. The van der Waals surface area contributed by atoms with Gasteiger partial charge >= 0.3 is 0 Å². The number of methoxy groups -OCH3 is 1. The lowest BCUT2D eigenvalue weighted by molar-refractivity contribution is -0.117. The summed E-state index contributed by atoms with van der Waals surface area (Å²) in [7, 11) is 3.87. The number of likely N-dealkylation sites (N-methyl/N-ethyl adjacent to an activating group) is 1. The molecule has 2 atom stereocenters. The Hall–Kier alpha value is -2.75. The van der Waals surface area contributed by atoms with Crippen LogP contribution in [0, 0.1) is 11.3 Å². The van der Waals surface area contributed by atoms with Gasteiger partial charge in [-0.15, -0.1) is 0 Å². The second-order valence-electron chi connectivity index (χ2n) is 8.78. The average Bonchev–Trinajstić information content (AvgIpc) is 3.19. The van der Waals surface area contributed by atoms with Crippen LogP contribution in [0.25, 0.3) is 0 Å². The number of piperazine rings is 1. The number of hydrogen-bond acceptors (Lipinski definition) is 5. The highest BCUT2D eigenvalue weighted by Crippen LogP contribution is 2.40. The number of benzene rings is 2. The molecule has 2 aromatic rings. The summed E-state index contributed by atoms with van der Waals surface area (Å²) in [5.74, 6) is 0.822. The van der Waals surface area contributed by atoms with Crippen LogP contribution in [0.15, 0.2) is 30.3 Å². The van der Waals surface area contributed by atoms with Crippen molar-refractivity contribution in [3.8, 4) is 11.8 Å². The predicted molar refractivity (Wildman–Crippen MR) is 128 cm³/mol. The number of ether oxygens (including phenoxy) is 1. The third kappa shape index (κ3) is 4.03. The molecule has 2 unspecified atom stereocenters. The molecule has 0 N–H and O–H groups in total. The first-order valence-electron chi connectivity index (χ1n) is 11.0. The topological polar surface area (TPSA) is 59.8 Å². The van der Waals surface area contributed by atoms with Crippen molar-refractivity contribution in [3.05, 3.63) is 52.0 Å². The molecule has 6 nitrogen and oxygen atoms in total. The molecular formula is C25H29ClN4O2. The minimum Gasteiger partial charge on any atom is -0.495 e. The van der Waals surface area contributed by atoms with E-state index in [2.05, 4.69) is 48.9 Å². The zero-order valence-electron chi connectivity index (χ0n) is 19.1. The summed E-state index contributed by atoms with van der Waals surface area (Å²) < 4.78 is 5.75. The van der Waals surface area contributed by atoms with Crippen molar-refractivity contribution in [1.29, 1.82) is 5.26 Å². The molecule has 2 aliphatic heterocycles. The summed E-state index contributed by atoms with van der Waals surface area (Å²) in [6.45, 7) is 6.89. The third-order valence-electron chi connectivity index (χ3n) is 6.83. The van der Waals surface area contributed by atoms with Gasteiger partial charge in [0.05, 0.1) is 29.8 Å². The van der Waals surface area contributed by atoms with E-state index < -0.39 is 0 Å². The van der Waals surface area contributed by atoms with Crippen LogP contribution in [0.4, 0.5) is 11.4 Å². The highest BCUT2D eigenvalue weighted by atomic mass is 35.5. The molecule has 32 heavy (non-hydrogen) atoms. The zero-order chi connectivity index (χ0) is 23.0. The Bertz CT molecular complexity index is 1070. The van der Waals surface area contributed by atoms with Crippen molar-refractivity contribution in [2.75, 3.05) is 43.6 Å². The molecule has 1 amide bonds. The Morgan fingerprint density at radius 3 is 2.59 bits per heavy atom. The van der Waals surface area contributed by atoms with Crippen molar-refractivity contribution in [2.24, 2.45) is 0 Å². The van der Waals surface area contributed by atoms with Gasteiger partial charge in [0.2, 0.25) is 5.91 Å². The molecule has 1 fully saturated rings. The van der Waals surface area contributed by atoms with Gasteiger partial charge in [-0.3, -0.25) is 9.69 Å². The number of carbonyl (C=O) groups excluding carboxylic acids is 1. The molecule has 4 rings (SSSR count). The van der Waals surface area contributed by atoms with Crippen LogP contribution in [-0.2, 0) is 17.6 Å². The van der Waals surface area contributed by atoms with E-state index in [4.69, 9.17) is 16.3 Å². The summed E-state index contributed by atoms with van der Waals surface area (Å²) in [6, 6.07) is 12.4. The summed E-state index contributed by atoms with van der Waals surface area (Å²) in [5.41, 5.74) is 4.11. The highest BCUT2D eigenvalue weighted by molar-refractivity contribution is 6.31. The number of halogens is 1. The number of amides is 1. The molecule has 0 aliphatic carbocycles. The smallest absolute Gasteiger partial charge is 0.231 e. The summed E-state index contributed by atoms with van der Waals surface area (Å²) in [5, 5.41) is 9.83. The quantitative estimate of drug-likeness (QED) is 0.704. The molecule has 1 saturated heterocycles. The maximum atomic E-state index is 13.3. The largest absolute Gasteiger partial charge is 0.495 e. The standard InChI is InChI=1S/C25H29ClN4O2/c1-16-14-29(15-17(2)28(16)3)23-12-22-19(10-24(23)32-4)8-9-30(22)25(31)11-18-6-5-7-21(26)20(18)13-27/h5-7,10,12,16-17H,8-9,11,14-15H2,1-4H3. The van der Waals surface area contributed by atoms with Gasteiger partial charge in [-0.1, -0.05) is 23.7 Å². The van der Waals surface area contributed by atoms with Gasteiger partial charge < -0.3 is 14.5 Å². The summed E-state index contributed by atoms with van der Waals surface area (Å²) >= 11 is 6.16. The van der Waals surface area contributed by atoms with Crippen molar-refractivity contribution >= 4 is 28.9 Å². The van der Waals surface area contributed by atoms with E-state index in [1.165, 1.54) is 0 Å². The molecule has 7 heteroatoms. The Morgan fingerprint density at radius 2 is 1.94 bits per heavy atom. The van der Waals surface area contributed by atoms with E-state index in [9.17, 15) is 10.1 Å². The Balaban J connectivity index is 1.64. The molecule has 168 valence electrons. The van der Waals surface area contributed by atoms with Crippen molar-refractivity contribution in [2.45, 2.75) is 38.8 Å². The average molecular weight is 453 g/mol. The SMILES string of the molecule is COc1cc2c(cc1N1CC(C)N(C)C(C)C1)N(C(=O)Cc1cccc(Cl)c1C#N)CC2. The fraction of sp³-hybridized carbons (Fsp3) is 0.440. The Labute approximate surface area is 194 Å². The first-order valence-corrected chi connectivity index (χ1v) is 11.4. The number of nitrogens with zero attached hydrogens (tertiary/aromatic N) is 4. The molecule has 2 aliphatic rings. The maximum Gasteiger partial charge on any atom is 0.231 e. The monoisotopic (exact) mass is 452 g/mol. The number of hydrogen-bond donors (Lipinski definition) is 0. The molecular weight excluding hydrogens is 424 g/mol. The second-order valence-corrected chi connectivity index (χ2v) is 9.19. The van der Waals surface area contributed by atoms with E-state index in [-0.39, 0.29) is 12.3 Å². The number of nitriles is 1. The third-order valence-corrected chi connectivity index (χ3v) is 7.15. The first kappa shape index (κ1) is 22.4. The molecule has 0 aromatic heterocycles. The minimum atomic E-state index is -0.0289. The van der Waals surface area contributed by atoms with Gasteiger partial charge in [-0.05, 0) is 56.6 Å². The lowest BCUT2D eigenvalue weighted by Gasteiger charge is -2.44. The van der Waals surface area contributed by atoms with Gasteiger partial charge in [0.25, 0.3) is 0 Å². The van der Waals surface area contributed by atoms with E-state index in [0.717, 1.165) is 42.2 Å². The summed E-state index contributed by atoms with van der Waals surface area (Å²) in [4.78, 5) is 19.9. The molecule has 0 radical (unpaired) electrons. The number of anilines is 2. The van der Waals surface area contributed by atoms with Gasteiger partial charge in [0.15, 0.2) is 0 Å². The van der Waals surface area contributed by atoms with Crippen molar-refractivity contribution in [3.63, 3.8) is 0 Å². The summed E-state index contributed by atoms with van der Waals surface area (Å²) in [6.07, 6.45) is 0.931. The van der Waals surface area contributed by atoms with Crippen LogP contribution in [0.1, 0.15) is 30.5 Å². The Kier molecular flexibility index (Phi) is 6.32. The van der Waals surface area contributed by atoms with Crippen LogP contribution in [0.3, 0.4) is 0 Å². The van der Waals surface area contributed by atoms with Crippen molar-refractivity contribution < 1.29 is 9.53 Å². The van der Waals surface area contributed by atoms with Gasteiger partial charge in [0, 0.05) is 37.4 Å². The van der Waals surface area contributed by atoms with E-state index in [1.807, 2.05) is 4.90 Å². The van der Waals surface area contributed by atoms with Gasteiger partial charge in [-0.2, -0.15) is 5.26 Å². The number of carbonyl (C=O) groups is 1. The van der Waals surface area contributed by atoms with Gasteiger partial charge in [0.1, 0.15) is 11.8 Å². The normalized spacial score (nSPS) is 20.8. The molecule has 0 bridgehead atoms. The number of fused-ring (bicyclic) bond motifs is 1. The van der Waals surface area contributed by atoms with E-state index >= 15 is 0 Å². The fourth-order valence-electron chi connectivity index (χ4n) is 4.77. The van der Waals surface area contributed by atoms with Crippen LogP contribution >= 0.6 is 11.6 Å². The fourth-order valence-corrected chi connectivity index (χ4v) is 5.01. The molecule has 2 heterocycles. The Morgan fingerprint density at radius 1 is 1.22 bits per heavy atom.